The van der Waals surface area contributed by atoms with E-state index in [0.717, 1.165) is 0 Å². The van der Waals surface area contributed by atoms with E-state index in [0.29, 0.717) is 6.42 Å². The van der Waals surface area contributed by atoms with E-state index in [1.807, 2.05) is 0 Å². The molecule has 0 aliphatic carbocycles. The van der Waals surface area contributed by atoms with E-state index in [4.69, 9.17) is 10.2 Å². The molecule has 0 heterocycles. The van der Waals surface area contributed by atoms with Gasteiger partial charge in [0.25, 0.3) is 0 Å². The van der Waals surface area contributed by atoms with Crippen molar-refractivity contribution in [2.75, 3.05) is 0 Å². The van der Waals surface area contributed by atoms with Gasteiger partial charge in [-0.05, 0) is 20.3 Å². The first-order chi connectivity index (χ1) is 3.13. The Morgan fingerprint density at radius 1 is 1.10 bits per heavy atom. The van der Waals surface area contributed by atoms with Crippen LogP contribution >= 0.6 is 0 Å². The number of rotatable bonds is 2. The van der Waals surface area contributed by atoms with Crippen molar-refractivity contribution < 1.29 is 31.3 Å². The predicted molar refractivity (Wildman–Crippen MR) is 39.7 cm³/mol. The summed E-state index contributed by atoms with van der Waals surface area (Å²) in [7, 11) is 0. The van der Waals surface area contributed by atoms with Crippen molar-refractivity contribution >= 4 is 0 Å². The van der Waals surface area contributed by atoms with Crippen LogP contribution in [0.5, 0.6) is 0 Å². The van der Waals surface area contributed by atoms with Crippen LogP contribution in [0.25, 0.3) is 6.15 Å². The summed E-state index contributed by atoms with van der Waals surface area (Å²) in [6, 6.07) is 0. The summed E-state index contributed by atoms with van der Waals surface area (Å²) in [4.78, 5) is 0. The Morgan fingerprint density at radius 3 is 1.30 bits per heavy atom. The second-order valence-corrected chi connectivity index (χ2v) is 1.93. The van der Waals surface area contributed by atoms with E-state index in [1.165, 1.54) is 0 Å². The number of hydrogen-bond acceptors (Lipinski definition) is 2. The van der Waals surface area contributed by atoms with Gasteiger partial charge < -0.3 is 23.8 Å². The Bertz CT molecular complexity index is 45.0. The third-order valence-electron chi connectivity index (χ3n) is 0.682. The fourth-order valence-electron chi connectivity index (χ4n) is 0.494. The van der Waals surface area contributed by atoms with Gasteiger partial charge >= 0.3 is 21.1 Å². The van der Waals surface area contributed by atoms with E-state index in [-0.39, 0.29) is 46.9 Å². The van der Waals surface area contributed by atoms with Gasteiger partial charge in [-0.15, -0.1) is 0 Å². The van der Waals surface area contributed by atoms with Crippen LogP contribution in [-0.4, -0.2) is 22.4 Å². The van der Waals surface area contributed by atoms with Crippen LogP contribution in [0.2, 0.25) is 0 Å². The van der Waals surface area contributed by atoms with Gasteiger partial charge in [0, 0.05) is 0 Å². The summed E-state index contributed by atoms with van der Waals surface area (Å²) >= 11 is 0. The van der Waals surface area contributed by atoms with Crippen molar-refractivity contribution in [2.45, 2.75) is 32.5 Å². The zero-order valence-electron chi connectivity index (χ0n) is 6.65. The molecule has 0 radical (unpaired) electrons. The average molecular weight is 330 g/mol. The smallest absolute Gasteiger partial charge is 0.693 e. The maximum Gasteiger partial charge on any atom is 2.00 e. The first-order valence-corrected chi connectivity index (χ1v) is 2.49. The zero-order chi connectivity index (χ0) is 5.86. The normalized spacial score (nSPS) is 13.2. The first kappa shape index (κ1) is 22.4. The Balaban J connectivity index is -0.0000000600. The fraction of sp³-hybridized carbons (Fsp3) is 0.833. The van der Waals surface area contributed by atoms with Crippen molar-refractivity contribution in [3.05, 3.63) is 13.6 Å². The molecule has 0 amide bonds. The monoisotopic (exact) mass is 330 g/mol. The molecular formula is C6H17NO2Pt. The van der Waals surface area contributed by atoms with E-state index in [1.54, 1.807) is 13.8 Å². The quantitative estimate of drug-likeness (QED) is 0.749. The minimum Gasteiger partial charge on any atom is -0.693 e. The van der Waals surface area contributed by atoms with Crippen LogP contribution in [0.15, 0.2) is 0 Å². The van der Waals surface area contributed by atoms with Gasteiger partial charge in [-0.2, -0.15) is 0 Å². The van der Waals surface area contributed by atoms with Gasteiger partial charge in [-0.25, -0.2) is 0 Å². The number of hydrogen-bond donors (Lipinski definition) is 2. The zero-order valence-corrected chi connectivity index (χ0v) is 8.92. The first-order valence-electron chi connectivity index (χ1n) is 2.49. The molecule has 0 aliphatic heterocycles. The standard InChI is InChI=1S/C5H12O2.CH3.H2N.Pt/c1-4(6)3-5(2)7;;;/h4-7H,3H2,1-2H3;1H3;1H2;/q;2*-1;+2. The molecular weight excluding hydrogens is 313 g/mol. The summed E-state index contributed by atoms with van der Waals surface area (Å²) in [5.74, 6) is 0. The Labute approximate surface area is 77.7 Å². The molecule has 0 rings (SSSR count). The maximum atomic E-state index is 8.56. The second-order valence-electron chi connectivity index (χ2n) is 1.93. The van der Waals surface area contributed by atoms with Crippen molar-refractivity contribution in [3.8, 4) is 0 Å². The third kappa shape index (κ3) is 23.5. The number of aliphatic hydroxyl groups is 2. The Kier molecular flexibility index (Phi) is 27.5. The summed E-state index contributed by atoms with van der Waals surface area (Å²) in [6.45, 7) is 3.32. The van der Waals surface area contributed by atoms with E-state index < -0.39 is 0 Å². The molecule has 0 fully saturated rings. The fourth-order valence-corrected chi connectivity index (χ4v) is 0.494. The Morgan fingerprint density at radius 2 is 1.30 bits per heavy atom. The topological polar surface area (TPSA) is 74.0 Å². The van der Waals surface area contributed by atoms with Crippen molar-refractivity contribution in [1.82, 2.24) is 0 Å². The predicted octanol–water partition coefficient (Wildman–Crippen LogP) is 1.30. The number of aliphatic hydroxyl groups excluding tert-OH is 2. The van der Waals surface area contributed by atoms with Gasteiger partial charge in [0.1, 0.15) is 0 Å². The van der Waals surface area contributed by atoms with Gasteiger partial charge in [0.05, 0.1) is 12.2 Å². The van der Waals surface area contributed by atoms with Crippen LogP contribution in [-0.2, 0) is 21.1 Å². The average Bonchev–Trinajstić information content (AvgIpc) is 1.27. The number of nitrogens with two attached hydrogens (primary N) is 1. The van der Waals surface area contributed by atoms with Crippen LogP contribution in [0.1, 0.15) is 20.3 Å². The van der Waals surface area contributed by atoms with Crippen LogP contribution in [0.4, 0.5) is 0 Å². The molecule has 0 aromatic carbocycles. The van der Waals surface area contributed by atoms with Crippen LogP contribution < -0.4 is 0 Å². The molecule has 4 heteroatoms. The minimum absolute atomic E-state index is 0. The SMILES string of the molecule is CC(O)CC(C)O.[CH3-].[NH2-].[Pt+2]. The third-order valence-corrected chi connectivity index (χ3v) is 0.682. The minimum atomic E-state index is -0.375. The van der Waals surface area contributed by atoms with E-state index >= 15 is 0 Å². The summed E-state index contributed by atoms with van der Waals surface area (Å²) in [6.07, 6.45) is -0.278. The molecule has 0 saturated carbocycles. The van der Waals surface area contributed by atoms with Crippen molar-refractivity contribution in [1.29, 1.82) is 0 Å². The van der Waals surface area contributed by atoms with Gasteiger partial charge in [-0.3, -0.25) is 0 Å². The molecule has 10 heavy (non-hydrogen) atoms. The van der Waals surface area contributed by atoms with Gasteiger partial charge in [-0.1, -0.05) is 0 Å². The largest absolute Gasteiger partial charge is 2.00 e. The van der Waals surface area contributed by atoms with Crippen LogP contribution in [0, 0.1) is 7.43 Å². The molecule has 0 aliphatic rings. The molecule has 3 nitrogen and oxygen atoms in total. The summed E-state index contributed by atoms with van der Waals surface area (Å²) < 4.78 is 0. The summed E-state index contributed by atoms with van der Waals surface area (Å²) in [5, 5.41) is 17.1. The summed E-state index contributed by atoms with van der Waals surface area (Å²) in [5.41, 5.74) is 0. The molecule has 0 aromatic rings. The molecule has 0 bridgehead atoms. The van der Waals surface area contributed by atoms with Crippen LogP contribution in [0.3, 0.4) is 0 Å². The molecule has 0 spiro atoms. The second kappa shape index (κ2) is 12.3. The molecule has 2 unspecified atom stereocenters. The molecule has 4 N–H and O–H groups in total. The Hall–Kier alpha value is 0.568. The molecule has 2 atom stereocenters. The van der Waals surface area contributed by atoms with Crippen molar-refractivity contribution in [3.63, 3.8) is 0 Å². The van der Waals surface area contributed by atoms with Gasteiger partial charge in [0.2, 0.25) is 0 Å². The van der Waals surface area contributed by atoms with E-state index in [2.05, 4.69) is 0 Å². The van der Waals surface area contributed by atoms with E-state index in [9.17, 15) is 0 Å². The molecule has 0 aromatic heterocycles. The molecule has 0 saturated heterocycles. The van der Waals surface area contributed by atoms with Crippen molar-refractivity contribution in [2.24, 2.45) is 0 Å². The molecule has 68 valence electrons. The van der Waals surface area contributed by atoms with Gasteiger partial charge in [0.15, 0.2) is 0 Å². The maximum absolute atomic E-state index is 8.56.